The van der Waals surface area contributed by atoms with Crippen LogP contribution in [0.3, 0.4) is 0 Å². The van der Waals surface area contributed by atoms with Crippen molar-refractivity contribution in [3.63, 3.8) is 0 Å². The SMILES string of the molecule is O=C(C1CC1)N1CC[C@@H](Cn2ccnc2-c2ccc(-c3ccc4c(c3)CC=C4)cc2)C1. The Hall–Kier alpha value is -3.14. The number of imidazole rings is 1. The van der Waals surface area contributed by atoms with Crippen molar-refractivity contribution in [3.05, 3.63) is 72.1 Å². The fourth-order valence-electron chi connectivity index (χ4n) is 5.01. The Morgan fingerprint density at radius 3 is 2.65 bits per heavy atom. The minimum Gasteiger partial charge on any atom is -0.342 e. The summed E-state index contributed by atoms with van der Waals surface area (Å²) >= 11 is 0. The number of likely N-dealkylation sites (tertiary alicyclic amines) is 1. The third kappa shape index (κ3) is 3.60. The highest BCUT2D eigenvalue weighted by molar-refractivity contribution is 5.81. The summed E-state index contributed by atoms with van der Waals surface area (Å²) in [6.07, 6.45) is 12.7. The Morgan fingerprint density at radius 1 is 1.00 bits per heavy atom. The number of benzene rings is 2. The average molecular weight is 410 g/mol. The summed E-state index contributed by atoms with van der Waals surface area (Å²) in [4.78, 5) is 19.1. The van der Waals surface area contributed by atoms with E-state index in [9.17, 15) is 4.79 Å². The minimum atomic E-state index is 0.322. The molecule has 1 aromatic heterocycles. The van der Waals surface area contributed by atoms with Gasteiger partial charge >= 0.3 is 0 Å². The van der Waals surface area contributed by atoms with E-state index in [0.29, 0.717) is 17.7 Å². The summed E-state index contributed by atoms with van der Waals surface area (Å²) in [5.74, 6) is 2.22. The van der Waals surface area contributed by atoms with Crippen molar-refractivity contribution >= 4 is 12.0 Å². The number of allylic oxidation sites excluding steroid dienone is 1. The number of hydrogen-bond acceptors (Lipinski definition) is 2. The van der Waals surface area contributed by atoms with Crippen molar-refractivity contribution in [2.45, 2.75) is 32.2 Å². The lowest BCUT2D eigenvalue weighted by Crippen LogP contribution is -2.30. The highest BCUT2D eigenvalue weighted by Gasteiger charge is 2.36. The molecule has 3 aliphatic rings. The van der Waals surface area contributed by atoms with Gasteiger partial charge in [-0.3, -0.25) is 4.79 Å². The number of amides is 1. The van der Waals surface area contributed by atoms with Crippen LogP contribution in [0.5, 0.6) is 0 Å². The number of nitrogens with zero attached hydrogens (tertiary/aromatic N) is 3. The highest BCUT2D eigenvalue weighted by atomic mass is 16.2. The number of aromatic nitrogens is 2. The van der Waals surface area contributed by atoms with E-state index in [1.54, 1.807) is 0 Å². The molecule has 2 aliphatic carbocycles. The molecule has 31 heavy (non-hydrogen) atoms. The monoisotopic (exact) mass is 409 g/mol. The number of hydrogen-bond donors (Lipinski definition) is 0. The zero-order chi connectivity index (χ0) is 20.8. The van der Waals surface area contributed by atoms with Crippen molar-refractivity contribution in [1.29, 1.82) is 0 Å². The van der Waals surface area contributed by atoms with Crippen molar-refractivity contribution < 1.29 is 4.79 Å². The summed E-state index contributed by atoms with van der Waals surface area (Å²) in [6.45, 7) is 2.72. The van der Waals surface area contributed by atoms with Crippen LogP contribution < -0.4 is 0 Å². The molecule has 0 unspecified atom stereocenters. The molecule has 1 aliphatic heterocycles. The lowest BCUT2D eigenvalue weighted by Gasteiger charge is -2.17. The van der Waals surface area contributed by atoms with E-state index < -0.39 is 0 Å². The normalized spacial score (nSPS) is 19.7. The molecule has 1 amide bonds. The lowest BCUT2D eigenvalue weighted by molar-refractivity contribution is -0.131. The Balaban J connectivity index is 1.17. The maximum atomic E-state index is 12.4. The summed E-state index contributed by atoms with van der Waals surface area (Å²) in [5.41, 5.74) is 6.39. The molecule has 2 heterocycles. The van der Waals surface area contributed by atoms with Gasteiger partial charge in [0.2, 0.25) is 5.91 Å². The second-order valence-corrected chi connectivity index (χ2v) is 9.21. The summed E-state index contributed by atoms with van der Waals surface area (Å²) in [5, 5.41) is 0. The first-order chi connectivity index (χ1) is 15.2. The van der Waals surface area contributed by atoms with E-state index in [-0.39, 0.29) is 0 Å². The molecule has 156 valence electrons. The molecule has 1 saturated carbocycles. The quantitative estimate of drug-likeness (QED) is 0.592. The van der Waals surface area contributed by atoms with Crippen LogP contribution in [0, 0.1) is 11.8 Å². The molecular formula is C27H27N3O. The molecule has 4 nitrogen and oxygen atoms in total. The van der Waals surface area contributed by atoms with Gasteiger partial charge in [-0.05, 0) is 53.9 Å². The van der Waals surface area contributed by atoms with Crippen molar-refractivity contribution in [2.75, 3.05) is 13.1 Å². The molecule has 3 aromatic rings. The van der Waals surface area contributed by atoms with Gasteiger partial charge in [-0.15, -0.1) is 0 Å². The topological polar surface area (TPSA) is 38.1 Å². The molecule has 1 saturated heterocycles. The first-order valence-electron chi connectivity index (χ1n) is 11.4. The zero-order valence-electron chi connectivity index (χ0n) is 17.7. The Labute approximate surface area is 183 Å². The van der Waals surface area contributed by atoms with E-state index in [0.717, 1.165) is 56.7 Å². The summed E-state index contributed by atoms with van der Waals surface area (Å²) in [7, 11) is 0. The molecule has 0 N–H and O–H groups in total. The number of rotatable bonds is 5. The van der Waals surface area contributed by atoms with Crippen LogP contribution in [-0.2, 0) is 17.8 Å². The molecule has 2 aromatic carbocycles. The zero-order valence-corrected chi connectivity index (χ0v) is 17.7. The van der Waals surface area contributed by atoms with Gasteiger partial charge in [-0.1, -0.05) is 54.6 Å². The maximum Gasteiger partial charge on any atom is 0.225 e. The average Bonchev–Trinajstić information content (AvgIpc) is 3.17. The molecule has 0 bridgehead atoms. The summed E-state index contributed by atoms with van der Waals surface area (Å²) in [6, 6.07) is 15.5. The van der Waals surface area contributed by atoms with Gasteiger partial charge in [0.25, 0.3) is 0 Å². The number of carbonyl (C=O) groups excluding carboxylic acids is 1. The minimum absolute atomic E-state index is 0.322. The lowest BCUT2D eigenvalue weighted by atomic mass is 9.99. The molecular weight excluding hydrogens is 382 g/mol. The van der Waals surface area contributed by atoms with Gasteiger partial charge in [0.15, 0.2) is 0 Å². The van der Waals surface area contributed by atoms with Crippen LogP contribution >= 0.6 is 0 Å². The largest absolute Gasteiger partial charge is 0.342 e. The van der Waals surface area contributed by atoms with Gasteiger partial charge in [-0.25, -0.2) is 4.98 Å². The molecule has 6 rings (SSSR count). The van der Waals surface area contributed by atoms with E-state index >= 15 is 0 Å². The maximum absolute atomic E-state index is 12.4. The van der Waals surface area contributed by atoms with Gasteiger partial charge in [0, 0.05) is 43.5 Å². The molecule has 1 atom stereocenters. The molecule has 0 radical (unpaired) electrons. The van der Waals surface area contributed by atoms with Crippen LogP contribution in [0.15, 0.2) is 60.9 Å². The Kier molecular flexibility index (Phi) is 4.52. The van der Waals surface area contributed by atoms with Crippen molar-refractivity contribution in [3.8, 4) is 22.5 Å². The predicted octanol–water partition coefficient (Wildman–Crippen LogP) is 5.04. The fourth-order valence-corrected chi connectivity index (χ4v) is 5.01. The van der Waals surface area contributed by atoms with Crippen molar-refractivity contribution in [1.82, 2.24) is 14.5 Å². The van der Waals surface area contributed by atoms with E-state index in [1.807, 2.05) is 6.20 Å². The van der Waals surface area contributed by atoms with Gasteiger partial charge in [-0.2, -0.15) is 0 Å². The third-order valence-electron chi connectivity index (χ3n) is 6.95. The van der Waals surface area contributed by atoms with E-state index in [2.05, 4.69) is 75.3 Å². The van der Waals surface area contributed by atoms with Crippen LogP contribution in [0.4, 0.5) is 0 Å². The second kappa shape index (κ2) is 7.52. The second-order valence-electron chi connectivity index (χ2n) is 9.21. The molecule has 0 spiro atoms. The van der Waals surface area contributed by atoms with Crippen molar-refractivity contribution in [2.24, 2.45) is 11.8 Å². The van der Waals surface area contributed by atoms with Crippen LogP contribution in [-0.4, -0.2) is 33.4 Å². The van der Waals surface area contributed by atoms with E-state index in [1.165, 1.54) is 22.3 Å². The van der Waals surface area contributed by atoms with Gasteiger partial charge < -0.3 is 9.47 Å². The molecule has 4 heteroatoms. The Morgan fingerprint density at radius 2 is 1.81 bits per heavy atom. The first-order valence-corrected chi connectivity index (χ1v) is 11.4. The third-order valence-corrected chi connectivity index (χ3v) is 6.95. The van der Waals surface area contributed by atoms with Crippen LogP contribution in [0.1, 0.15) is 30.4 Å². The first kappa shape index (κ1) is 18.6. The van der Waals surface area contributed by atoms with Gasteiger partial charge in [0.05, 0.1) is 0 Å². The van der Waals surface area contributed by atoms with Crippen LogP contribution in [0.25, 0.3) is 28.6 Å². The smallest absolute Gasteiger partial charge is 0.225 e. The highest BCUT2D eigenvalue weighted by Crippen LogP contribution is 2.33. The van der Waals surface area contributed by atoms with Crippen LogP contribution in [0.2, 0.25) is 0 Å². The fraction of sp³-hybridized carbons (Fsp3) is 0.333. The molecule has 2 fully saturated rings. The van der Waals surface area contributed by atoms with Gasteiger partial charge in [0.1, 0.15) is 5.82 Å². The number of carbonyl (C=O) groups is 1. The Bertz CT molecular complexity index is 1150. The predicted molar refractivity (Wildman–Crippen MR) is 123 cm³/mol. The van der Waals surface area contributed by atoms with E-state index in [4.69, 9.17) is 0 Å². The number of fused-ring (bicyclic) bond motifs is 1. The standard InChI is InChI=1S/C27H27N3O/c31-27(23-9-10-23)30-14-12-19(18-30)17-29-15-13-28-26(29)22-7-4-21(5-8-22)25-11-6-20-2-1-3-24(20)16-25/h1-2,4-8,11,13,15-16,19,23H,3,9-10,12,14,17-18H2/t19-/m0/s1. The summed E-state index contributed by atoms with van der Waals surface area (Å²) < 4.78 is 2.26.